The van der Waals surface area contributed by atoms with Gasteiger partial charge < -0.3 is 19.5 Å². The van der Waals surface area contributed by atoms with E-state index in [4.69, 9.17) is 14.2 Å². The van der Waals surface area contributed by atoms with Crippen LogP contribution in [0.2, 0.25) is 0 Å². The molecule has 0 atom stereocenters. The summed E-state index contributed by atoms with van der Waals surface area (Å²) in [6.45, 7) is -0.895. The van der Waals surface area contributed by atoms with Gasteiger partial charge in [-0.25, -0.2) is 9.18 Å². The number of ether oxygens (including phenoxy) is 3. The Labute approximate surface area is 223 Å². The topological polar surface area (TPSA) is 125 Å². The van der Waals surface area contributed by atoms with E-state index in [1.54, 1.807) is 24.3 Å². The molecule has 0 aliphatic rings. The number of nitrogens with one attached hydrogen (secondary N) is 1. The average Bonchev–Trinajstić information content (AvgIpc) is 2.95. The minimum atomic E-state index is -0.689. The van der Waals surface area contributed by atoms with Crippen LogP contribution in [-0.2, 0) is 19.1 Å². The van der Waals surface area contributed by atoms with Crippen LogP contribution in [-0.4, -0.2) is 49.7 Å². The largest absolute Gasteiger partial charge is 0.497 e. The fourth-order valence-electron chi connectivity index (χ4n) is 3.32. The Hall–Kier alpha value is -4.86. The van der Waals surface area contributed by atoms with Crippen molar-refractivity contribution in [3.8, 4) is 5.75 Å². The lowest BCUT2D eigenvalue weighted by Crippen LogP contribution is -2.16. The molecule has 0 bridgehead atoms. The zero-order valence-electron chi connectivity index (χ0n) is 21.1. The first kappa shape index (κ1) is 28.7. The number of hydrogen-bond acceptors (Lipinski definition) is 8. The SMILES string of the molecule is COc1ccc(C(=O)COC(=O)c2ccc(NC(=O)CCCC(=O)OCC(=O)c3ccc(F)cc3)cc2)cc1. The zero-order chi connectivity index (χ0) is 28.2. The number of halogens is 1. The molecule has 0 aliphatic carbocycles. The molecular weight excluding hydrogens is 509 g/mol. The lowest BCUT2D eigenvalue weighted by Gasteiger charge is -2.08. The number of carbonyl (C=O) groups is 5. The number of methoxy groups -OCH3 is 1. The van der Waals surface area contributed by atoms with Crippen LogP contribution < -0.4 is 10.1 Å². The molecule has 0 fully saturated rings. The van der Waals surface area contributed by atoms with Crippen molar-refractivity contribution >= 4 is 35.1 Å². The molecule has 3 rings (SSSR count). The summed E-state index contributed by atoms with van der Waals surface area (Å²) in [5.41, 5.74) is 1.24. The van der Waals surface area contributed by atoms with Crippen molar-refractivity contribution in [1.82, 2.24) is 0 Å². The zero-order valence-corrected chi connectivity index (χ0v) is 21.1. The molecule has 39 heavy (non-hydrogen) atoms. The van der Waals surface area contributed by atoms with Gasteiger partial charge in [0.1, 0.15) is 11.6 Å². The number of benzene rings is 3. The quantitative estimate of drug-likeness (QED) is 0.252. The molecule has 1 amide bonds. The lowest BCUT2D eigenvalue weighted by atomic mass is 10.1. The highest BCUT2D eigenvalue weighted by molar-refractivity contribution is 6.00. The van der Waals surface area contributed by atoms with Gasteiger partial charge in [0, 0.05) is 29.7 Å². The molecule has 0 aliphatic heterocycles. The Kier molecular flexibility index (Phi) is 10.4. The summed E-state index contributed by atoms with van der Waals surface area (Å²) in [6.07, 6.45) is 0.157. The normalized spacial score (nSPS) is 10.3. The molecule has 3 aromatic carbocycles. The Morgan fingerprint density at radius 3 is 1.82 bits per heavy atom. The highest BCUT2D eigenvalue weighted by Gasteiger charge is 2.14. The van der Waals surface area contributed by atoms with Crippen LogP contribution in [0, 0.1) is 5.82 Å². The van der Waals surface area contributed by atoms with E-state index < -0.39 is 36.8 Å². The predicted molar refractivity (Wildman–Crippen MR) is 138 cm³/mol. The molecular formula is C29H26FNO8. The van der Waals surface area contributed by atoms with Gasteiger partial charge >= 0.3 is 11.9 Å². The maximum atomic E-state index is 12.9. The molecule has 0 radical (unpaired) electrons. The number of Topliss-reactive ketones (excluding diaryl/α,β-unsaturated/α-hetero) is 2. The van der Waals surface area contributed by atoms with Crippen molar-refractivity contribution in [2.75, 3.05) is 25.6 Å². The van der Waals surface area contributed by atoms with Crippen molar-refractivity contribution in [2.45, 2.75) is 19.3 Å². The summed E-state index contributed by atoms with van der Waals surface area (Å²) in [5.74, 6) is -2.38. The van der Waals surface area contributed by atoms with Gasteiger partial charge in [-0.15, -0.1) is 0 Å². The van der Waals surface area contributed by atoms with Crippen LogP contribution in [0.4, 0.5) is 10.1 Å². The molecule has 1 N–H and O–H groups in total. The Morgan fingerprint density at radius 2 is 1.23 bits per heavy atom. The van der Waals surface area contributed by atoms with E-state index in [1.807, 2.05) is 0 Å². The van der Waals surface area contributed by atoms with Crippen LogP contribution in [0.1, 0.15) is 50.3 Å². The Balaban J connectivity index is 1.35. The third kappa shape index (κ3) is 9.19. The number of esters is 2. The van der Waals surface area contributed by atoms with E-state index in [2.05, 4.69) is 5.32 Å². The third-order valence-corrected chi connectivity index (χ3v) is 5.47. The lowest BCUT2D eigenvalue weighted by molar-refractivity contribution is -0.142. The summed E-state index contributed by atoms with van der Waals surface area (Å²) >= 11 is 0. The monoisotopic (exact) mass is 535 g/mol. The van der Waals surface area contributed by atoms with E-state index in [0.717, 1.165) is 12.1 Å². The maximum absolute atomic E-state index is 12.9. The molecule has 3 aromatic rings. The van der Waals surface area contributed by atoms with Gasteiger partial charge in [-0.1, -0.05) is 0 Å². The smallest absolute Gasteiger partial charge is 0.338 e. The third-order valence-electron chi connectivity index (χ3n) is 5.47. The van der Waals surface area contributed by atoms with E-state index in [9.17, 15) is 28.4 Å². The minimum absolute atomic E-state index is 0.0261. The van der Waals surface area contributed by atoms with E-state index in [1.165, 1.54) is 43.5 Å². The minimum Gasteiger partial charge on any atom is -0.497 e. The highest BCUT2D eigenvalue weighted by Crippen LogP contribution is 2.14. The summed E-state index contributed by atoms with van der Waals surface area (Å²) in [7, 11) is 1.51. The number of carbonyl (C=O) groups excluding carboxylic acids is 5. The van der Waals surface area contributed by atoms with Gasteiger partial charge in [0.05, 0.1) is 12.7 Å². The van der Waals surface area contributed by atoms with Gasteiger partial charge in [-0.3, -0.25) is 19.2 Å². The van der Waals surface area contributed by atoms with Crippen molar-refractivity contribution in [2.24, 2.45) is 0 Å². The standard InChI is InChI=1S/C29H26FNO8/c1-37-24-15-9-20(10-16-24)26(33)18-39-29(36)21-7-13-23(14-8-21)31-27(34)3-2-4-28(35)38-17-25(32)19-5-11-22(30)12-6-19/h5-16H,2-4,17-18H2,1H3,(H,31,34). The van der Waals surface area contributed by atoms with Crippen molar-refractivity contribution < 1.29 is 42.6 Å². The van der Waals surface area contributed by atoms with Crippen LogP contribution in [0.15, 0.2) is 72.8 Å². The van der Waals surface area contributed by atoms with E-state index in [0.29, 0.717) is 17.0 Å². The number of amides is 1. The van der Waals surface area contributed by atoms with Crippen molar-refractivity contribution in [3.05, 3.63) is 95.3 Å². The summed E-state index contributed by atoms with van der Waals surface area (Å²) in [4.78, 5) is 60.4. The van der Waals surface area contributed by atoms with Crippen LogP contribution >= 0.6 is 0 Å². The summed E-state index contributed by atoms with van der Waals surface area (Å²) < 4.78 is 27.9. The summed E-state index contributed by atoms with van der Waals surface area (Å²) in [5, 5.41) is 2.65. The number of anilines is 1. The first-order valence-corrected chi connectivity index (χ1v) is 11.9. The van der Waals surface area contributed by atoms with E-state index >= 15 is 0 Å². The molecule has 0 heterocycles. The molecule has 0 unspecified atom stereocenters. The molecule has 202 valence electrons. The first-order chi connectivity index (χ1) is 18.7. The van der Waals surface area contributed by atoms with E-state index in [-0.39, 0.29) is 42.1 Å². The second kappa shape index (κ2) is 14.2. The van der Waals surface area contributed by atoms with Gasteiger partial charge in [0.15, 0.2) is 24.8 Å². The molecule has 0 aromatic heterocycles. The fourth-order valence-corrected chi connectivity index (χ4v) is 3.32. The molecule has 0 saturated heterocycles. The van der Waals surface area contributed by atoms with Crippen LogP contribution in [0.3, 0.4) is 0 Å². The van der Waals surface area contributed by atoms with Gasteiger partial charge in [-0.05, 0) is 79.2 Å². The van der Waals surface area contributed by atoms with Gasteiger partial charge in [0.25, 0.3) is 0 Å². The fraction of sp³-hybridized carbons (Fsp3) is 0.207. The number of hydrogen-bond donors (Lipinski definition) is 1. The average molecular weight is 536 g/mol. The van der Waals surface area contributed by atoms with Crippen LogP contribution in [0.5, 0.6) is 5.75 Å². The Bertz CT molecular complexity index is 1320. The first-order valence-electron chi connectivity index (χ1n) is 11.9. The summed E-state index contributed by atoms with van der Waals surface area (Å²) in [6, 6.07) is 17.2. The second-order valence-electron chi connectivity index (χ2n) is 8.30. The van der Waals surface area contributed by atoms with Crippen molar-refractivity contribution in [3.63, 3.8) is 0 Å². The Morgan fingerprint density at radius 1 is 0.692 bits per heavy atom. The highest BCUT2D eigenvalue weighted by atomic mass is 19.1. The number of ketones is 2. The van der Waals surface area contributed by atoms with Gasteiger partial charge in [-0.2, -0.15) is 0 Å². The molecule has 0 saturated carbocycles. The van der Waals surface area contributed by atoms with Crippen LogP contribution in [0.25, 0.3) is 0 Å². The second-order valence-corrected chi connectivity index (χ2v) is 8.30. The molecule has 0 spiro atoms. The molecule has 9 nitrogen and oxygen atoms in total. The predicted octanol–water partition coefficient (Wildman–Crippen LogP) is 4.41. The molecule has 10 heteroatoms. The van der Waals surface area contributed by atoms with Gasteiger partial charge in [0.2, 0.25) is 5.91 Å². The van der Waals surface area contributed by atoms with Crippen molar-refractivity contribution in [1.29, 1.82) is 0 Å². The maximum Gasteiger partial charge on any atom is 0.338 e. The number of rotatable bonds is 13.